The van der Waals surface area contributed by atoms with Crippen LogP contribution in [0.5, 0.6) is 0 Å². The fourth-order valence-corrected chi connectivity index (χ4v) is 1.87. The zero-order chi connectivity index (χ0) is 9.97. The van der Waals surface area contributed by atoms with Gasteiger partial charge in [0, 0.05) is 31.9 Å². The molecule has 0 aromatic carbocycles. The lowest BCUT2D eigenvalue weighted by Gasteiger charge is -2.28. The number of rotatable bonds is 1. The number of carbonyl (C=O) groups is 1. The van der Waals surface area contributed by atoms with Crippen LogP contribution in [0.25, 0.3) is 0 Å². The summed E-state index contributed by atoms with van der Waals surface area (Å²) in [4.78, 5) is 17.9. The number of pyridine rings is 1. The molecule has 2 heterocycles. The molecular weight excluding hydrogens is 176 g/mol. The standard InChI is InChI=1S/C11H14N2O/c1-13-7-4-11(14)10(8-13)9-2-5-12-6-3-9/h2-3,5-6,10H,4,7-8H2,1H3. The number of piperidine rings is 1. The normalized spacial score (nSPS) is 23.8. The monoisotopic (exact) mass is 190 g/mol. The first-order valence-electron chi connectivity index (χ1n) is 4.88. The summed E-state index contributed by atoms with van der Waals surface area (Å²) in [6, 6.07) is 3.86. The van der Waals surface area contributed by atoms with Gasteiger partial charge >= 0.3 is 0 Å². The molecule has 0 saturated carbocycles. The Hall–Kier alpha value is -1.22. The Balaban J connectivity index is 2.20. The van der Waals surface area contributed by atoms with Crippen molar-refractivity contribution in [1.82, 2.24) is 9.88 Å². The lowest BCUT2D eigenvalue weighted by atomic mass is 9.90. The number of likely N-dealkylation sites (N-methyl/N-ethyl adjacent to an activating group) is 1. The summed E-state index contributed by atoms with van der Waals surface area (Å²) >= 11 is 0. The molecule has 1 saturated heterocycles. The van der Waals surface area contributed by atoms with Crippen LogP contribution in [-0.4, -0.2) is 35.8 Å². The first-order chi connectivity index (χ1) is 6.77. The topological polar surface area (TPSA) is 33.2 Å². The molecular formula is C11H14N2O. The van der Waals surface area contributed by atoms with Crippen LogP contribution in [0.3, 0.4) is 0 Å². The molecule has 0 amide bonds. The number of hydrogen-bond acceptors (Lipinski definition) is 3. The highest BCUT2D eigenvalue weighted by Crippen LogP contribution is 2.22. The third kappa shape index (κ3) is 1.82. The van der Waals surface area contributed by atoms with Gasteiger partial charge < -0.3 is 4.90 Å². The van der Waals surface area contributed by atoms with E-state index in [9.17, 15) is 4.79 Å². The van der Waals surface area contributed by atoms with Crippen LogP contribution in [0, 0.1) is 0 Å². The van der Waals surface area contributed by atoms with Crippen LogP contribution in [-0.2, 0) is 4.79 Å². The van der Waals surface area contributed by atoms with E-state index in [1.54, 1.807) is 12.4 Å². The maximum Gasteiger partial charge on any atom is 0.142 e. The van der Waals surface area contributed by atoms with E-state index in [4.69, 9.17) is 0 Å². The summed E-state index contributed by atoms with van der Waals surface area (Å²) in [5, 5.41) is 0. The Morgan fingerprint density at radius 3 is 2.86 bits per heavy atom. The number of nitrogens with zero attached hydrogens (tertiary/aromatic N) is 2. The van der Waals surface area contributed by atoms with Crippen LogP contribution in [0.15, 0.2) is 24.5 Å². The summed E-state index contributed by atoms with van der Waals surface area (Å²) in [7, 11) is 2.06. The van der Waals surface area contributed by atoms with Crippen molar-refractivity contribution in [3.8, 4) is 0 Å². The van der Waals surface area contributed by atoms with Crippen LogP contribution in [0.4, 0.5) is 0 Å². The van der Waals surface area contributed by atoms with Gasteiger partial charge in [0.25, 0.3) is 0 Å². The van der Waals surface area contributed by atoms with Crippen molar-refractivity contribution in [2.24, 2.45) is 0 Å². The van der Waals surface area contributed by atoms with Gasteiger partial charge in [-0.3, -0.25) is 9.78 Å². The predicted molar refractivity (Wildman–Crippen MR) is 54.1 cm³/mol. The smallest absolute Gasteiger partial charge is 0.142 e. The van der Waals surface area contributed by atoms with Crippen LogP contribution in [0.1, 0.15) is 17.9 Å². The molecule has 1 aliphatic heterocycles. The lowest BCUT2D eigenvalue weighted by Crippen LogP contribution is -2.36. The molecule has 1 fully saturated rings. The maximum atomic E-state index is 11.7. The summed E-state index contributed by atoms with van der Waals surface area (Å²) < 4.78 is 0. The highest BCUT2D eigenvalue weighted by Gasteiger charge is 2.26. The third-order valence-corrected chi connectivity index (χ3v) is 2.73. The number of hydrogen-bond donors (Lipinski definition) is 0. The number of Topliss-reactive ketones (excluding diaryl/α,β-unsaturated/α-hetero) is 1. The van der Waals surface area contributed by atoms with E-state index in [2.05, 4.69) is 16.9 Å². The van der Waals surface area contributed by atoms with Crippen molar-refractivity contribution < 1.29 is 4.79 Å². The molecule has 1 aromatic heterocycles. The van der Waals surface area contributed by atoms with Crippen molar-refractivity contribution in [1.29, 1.82) is 0 Å². The molecule has 14 heavy (non-hydrogen) atoms. The van der Waals surface area contributed by atoms with E-state index < -0.39 is 0 Å². The molecule has 1 aliphatic rings. The number of carbonyl (C=O) groups excluding carboxylic acids is 1. The average molecular weight is 190 g/mol. The van der Waals surface area contributed by atoms with Crippen molar-refractivity contribution in [2.45, 2.75) is 12.3 Å². The Morgan fingerprint density at radius 1 is 1.43 bits per heavy atom. The highest BCUT2D eigenvalue weighted by molar-refractivity contribution is 5.86. The fourth-order valence-electron chi connectivity index (χ4n) is 1.87. The van der Waals surface area contributed by atoms with Crippen LogP contribution < -0.4 is 0 Å². The zero-order valence-electron chi connectivity index (χ0n) is 8.31. The van der Waals surface area contributed by atoms with E-state index in [0.717, 1.165) is 18.7 Å². The summed E-state index contributed by atoms with van der Waals surface area (Å²) in [5.41, 5.74) is 1.09. The van der Waals surface area contributed by atoms with Gasteiger partial charge in [0.15, 0.2) is 0 Å². The Labute approximate surface area is 83.8 Å². The molecule has 0 aliphatic carbocycles. The second kappa shape index (κ2) is 3.88. The third-order valence-electron chi connectivity index (χ3n) is 2.73. The molecule has 3 heteroatoms. The van der Waals surface area contributed by atoms with Gasteiger partial charge in [-0.05, 0) is 24.7 Å². The summed E-state index contributed by atoms with van der Waals surface area (Å²) in [6.07, 6.45) is 4.16. The molecule has 1 unspecified atom stereocenters. The van der Waals surface area contributed by atoms with Crippen molar-refractivity contribution in [3.05, 3.63) is 30.1 Å². The van der Waals surface area contributed by atoms with Crippen molar-refractivity contribution in [2.75, 3.05) is 20.1 Å². The van der Waals surface area contributed by atoms with Gasteiger partial charge in [0.05, 0.1) is 5.92 Å². The summed E-state index contributed by atoms with van der Waals surface area (Å²) in [6.45, 7) is 1.73. The van der Waals surface area contributed by atoms with Crippen molar-refractivity contribution >= 4 is 5.78 Å². The van der Waals surface area contributed by atoms with E-state index in [1.165, 1.54) is 0 Å². The molecule has 0 N–H and O–H groups in total. The zero-order valence-corrected chi connectivity index (χ0v) is 8.31. The average Bonchev–Trinajstić information content (AvgIpc) is 2.23. The van der Waals surface area contributed by atoms with Gasteiger partial charge in [-0.25, -0.2) is 0 Å². The van der Waals surface area contributed by atoms with Crippen molar-refractivity contribution in [3.63, 3.8) is 0 Å². The molecule has 0 spiro atoms. The molecule has 0 radical (unpaired) electrons. The quantitative estimate of drug-likeness (QED) is 0.664. The van der Waals surface area contributed by atoms with Gasteiger partial charge in [-0.15, -0.1) is 0 Å². The van der Waals surface area contributed by atoms with E-state index in [-0.39, 0.29) is 5.92 Å². The van der Waals surface area contributed by atoms with Gasteiger partial charge in [-0.1, -0.05) is 0 Å². The lowest BCUT2D eigenvalue weighted by molar-refractivity contribution is -0.123. The molecule has 2 rings (SSSR count). The second-order valence-electron chi connectivity index (χ2n) is 3.81. The number of ketones is 1. The molecule has 74 valence electrons. The van der Waals surface area contributed by atoms with Crippen LogP contribution in [0.2, 0.25) is 0 Å². The Bertz CT molecular complexity index is 323. The molecule has 1 aromatic rings. The maximum absolute atomic E-state index is 11.7. The van der Waals surface area contributed by atoms with Gasteiger partial charge in [-0.2, -0.15) is 0 Å². The van der Waals surface area contributed by atoms with E-state index >= 15 is 0 Å². The highest BCUT2D eigenvalue weighted by atomic mass is 16.1. The Morgan fingerprint density at radius 2 is 2.14 bits per heavy atom. The first-order valence-corrected chi connectivity index (χ1v) is 4.88. The predicted octanol–water partition coefficient (Wildman–Crippen LogP) is 1.07. The van der Waals surface area contributed by atoms with Gasteiger partial charge in [0.1, 0.15) is 5.78 Å². The van der Waals surface area contributed by atoms with Gasteiger partial charge in [0.2, 0.25) is 0 Å². The largest absolute Gasteiger partial charge is 0.305 e. The Kier molecular flexibility index (Phi) is 2.59. The molecule has 3 nitrogen and oxygen atoms in total. The SMILES string of the molecule is CN1CCC(=O)C(c2ccncc2)C1. The molecule has 0 bridgehead atoms. The number of likely N-dealkylation sites (tertiary alicyclic amines) is 1. The van der Waals surface area contributed by atoms with Crippen LogP contribution >= 0.6 is 0 Å². The molecule has 1 atom stereocenters. The summed E-state index contributed by atoms with van der Waals surface area (Å²) in [5.74, 6) is 0.408. The number of aromatic nitrogens is 1. The second-order valence-corrected chi connectivity index (χ2v) is 3.81. The van der Waals surface area contributed by atoms with E-state index in [1.807, 2.05) is 12.1 Å². The minimum absolute atomic E-state index is 0.0525. The first kappa shape index (κ1) is 9.34. The minimum atomic E-state index is 0.0525. The van der Waals surface area contributed by atoms with E-state index in [0.29, 0.717) is 12.2 Å². The fraction of sp³-hybridized carbons (Fsp3) is 0.455. The minimum Gasteiger partial charge on any atom is -0.305 e.